The Morgan fingerprint density at radius 3 is 2.26 bits per heavy atom. The third-order valence-corrected chi connectivity index (χ3v) is 4.21. The molecule has 144 valence electrons. The summed E-state index contributed by atoms with van der Waals surface area (Å²) in [4.78, 5) is 14.3. The Kier molecular flexibility index (Phi) is 8.22. The van der Waals surface area contributed by atoms with Gasteiger partial charge in [0.1, 0.15) is 0 Å². The van der Waals surface area contributed by atoms with Gasteiger partial charge in [-0.1, -0.05) is 45.1 Å². The van der Waals surface area contributed by atoms with Gasteiger partial charge in [0.2, 0.25) is 5.91 Å². The van der Waals surface area contributed by atoms with E-state index in [2.05, 4.69) is 27.1 Å². The van der Waals surface area contributed by atoms with Crippen molar-refractivity contribution in [2.45, 2.75) is 38.5 Å². The number of likely N-dealkylation sites (N-methyl/N-ethyl adjacent to an activating group) is 1. The zero-order valence-electron chi connectivity index (χ0n) is 16.1. The molecule has 7 heteroatoms. The van der Waals surface area contributed by atoms with E-state index < -0.39 is 0 Å². The summed E-state index contributed by atoms with van der Waals surface area (Å²) in [7, 11) is 3.44. The van der Waals surface area contributed by atoms with E-state index in [1.807, 2.05) is 25.5 Å². The van der Waals surface area contributed by atoms with Crippen molar-refractivity contribution in [1.29, 1.82) is 0 Å². The number of hydrogen-bond acceptors (Lipinski definition) is 4. The first-order chi connectivity index (χ1) is 13.1. The summed E-state index contributed by atoms with van der Waals surface area (Å²) in [5.41, 5.74) is 2.86. The van der Waals surface area contributed by atoms with Crippen LogP contribution in [0.4, 0.5) is 0 Å². The van der Waals surface area contributed by atoms with Gasteiger partial charge in [-0.3, -0.25) is 14.5 Å². The molecular weight excluding hydrogens is 340 g/mol. The van der Waals surface area contributed by atoms with Crippen LogP contribution < -0.4 is 5.32 Å². The van der Waals surface area contributed by atoms with Gasteiger partial charge in [0.15, 0.2) is 0 Å². The fourth-order valence-corrected chi connectivity index (χ4v) is 2.68. The van der Waals surface area contributed by atoms with E-state index in [-0.39, 0.29) is 5.91 Å². The SMILES string of the molecule is C1CCCCC1.C=CC(=O)NC.Cn1cc(-c2cn3nccc3cn2)cn1. The molecule has 3 aromatic heterocycles. The summed E-state index contributed by atoms with van der Waals surface area (Å²) in [5, 5.41) is 10.6. The number of rotatable bonds is 2. The van der Waals surface area contributed by atoms with Crippen LogP contribution in [0.15, 0.2) is 49.7 Å². The van der Waals surface area contributed by atoms with Crippen LogP contribution in [-0.2, 0) is 11.8 Å². The molecule has 1 N–H and O–H groups in total. The van der Waals surface area contributed by atoms with Crippen molar-refractivity contribution in [3.05, 3.63) is 49.7 Å². The molecule has 1 aliphatic carbocycles. The monoisotopic (exact) mass is 368 g/mol. The van der Waals surface area contributed by atoms with E-state index in [4.69, 9.17) is 0 Å². The quantitative estimate of drug-likeness (QED) is 0.704. The van der Waals surface area contributed by atoms with E-state index in [0.717, 1.165) is 16.8 Å². The van der Waals surface area contributed by atoms with Crippen molar-refractivity contribution < 1.29 is 4.79 Å². The van der Waals surface area contributed by atoms with Crippen LogP contribution in [0.1, 0.15) is 38.5 Å². The molecule has 1 aliphatic rings. The molecule has 0 unspecified atom stereocenters. The largest absolute Gasteiger partial charge is 0.356 e. The Labute approximate surface area is 160 Å². The molecule has 0 saturated heterocycles. The lowest BCUT2D eigenvalue weighted by molar-refractivity contribution is -0.116. The summed E-state index contributed by atoms with van der Waals surface area (Å²) in [6.07, 6.45) is 19.4. The van der Waals surface area contributed by atoms with Crippen LogP contribution in [0, 0.1) is 0 Å². The molecule has 1 amide bonds. The van der Waals surface area contributed by atoms with Crippen molar-refractivity contribution in [3.63, 3.8) is 0 Å². The number of fused-ring (bicyclic) bond motifs is 1. The average Bonchev–Trinajstić information content (AvgIpc) is 3.37. The van der Waals surface area contributed by atoms with Gasteiger partial charge in [0, 0.05) is 25.9 Å². The van der Waals surface area contributed by atoms with Crippen molar-refractivity contribution in [1.82, 2.24) is 29.7 Å². The van der Waals surface area contributed by atoms with Gasteiger partial charge in [0.25, 0.3) is 0 Å². The van der Waals surface area contributed by atoms with Crippen LogP contribution in [0.3, 0.4) is 0 Å². The number of carbonyl (C=O) groups is 1. The lowest BCUT2D eigenvalue weighted by Gasteiger charge is -2.05. The molecule has 0 radical (unpaired) electrons. The highest BCUT2D eigenvalue weighted by Gasteiger charge is 2.03. The van der Waals surface area contributed by atoms with Crippen LogP contribution in [0.2, 0.25) is 0 Å². The average molecular weight is 368 g/mol. The van der Waals surface area contributed by atoms with Crippen molar-refractivity contribution in [2.24, 2.45) is 7.05 Å². The second-order valence-corrected chi connectivity index (χ2v) is 6.32. The van der Waals surface area contributed by atoms with Crippen LogP contribution in [0.5, 0.6) is 0 Å². The van der Waals surface area contributed by atoms with Crippen LogP contribution in [0.25, 0.3) is 16.8 Å². The van der Waals surface area contributed by atoms with Gasteiger partial charge >= 0.3 is 0 Å². The summed E-state index contributed by atoms with van der Waals surface area (Å²) < 4.78 is 3.56. The standard InChI is InChI=1S/C10H9N5.C6H12.C4H7NO/c1-14-6-8(4-13-14)10-7-15-9(5-11-10)2-3-12-15;1-2-4-6-5-3-1;1-3-4(6)5-2/h2-7H,1H3;1-6H2;3H,1H2,2H3,(H,5,6). The first-order valence-corrected chi connectivity index (χ1v) is 9.26. The minimum atomic E-state index is -0.144. The summed E-state index contributed by atoms with van der Waals surface area (Å²) in [6.45, 7) is 3.22. The molecule has 0 atom stereocenters. The van der Waals surface area contributed by atoms with E-state index in [0.29, 0.717) is 0 Å². The van der Waals surface area contributed by atoms with Crippen molar-refractivity contribution in [3.8, 4) is 11.3 Å². The second kappa shape index (κ2) is 10.9. The van der Waals surface area contributed by atoms with Crippen molar-refractivity contribution >= 4 is 11.4 Å². The topological polar surface area (TPSA) is 77.1 Å². The molecule has 1 fully saturated rings. The molecular formula is C20H28N6O. The van der Waals surface area contributed by atoms with Crippen LogP contribution >= 0.6 is 0 Å². The van der Waals surface area contributed by atoms with Gasteiger partial charge in [-0.25, -0.2) is 4.52 Å². The fraction of sp³-hybridized carbons (Fsp3) is 0.400. The Morgan fingerprint density at radius 2 is 1.78 bits per heavy atom. The summed E-state index contributed by atoms with van der Waals surface area (Å²) >= 11 is 0. The molecule has 3 aromatic rings. The number of nitrogens with zero attached hydrogens (tertiary/aromatic N) is 5. The molecule has 1 saturated carbocycles. The summed E-state index contributed by atoms with van der Waals surface area (Å²) in [5.74, 6) is -0.144. The minimum absolute atomic E-state index is 0.144. The first-order valence-electron chi connectivity index (χ1n) is 9.26. The van der Waals surface area contributed by atoms with Gasteiger partial charge < -0.3 is 5.32 Å². The number of amides is 1. The molecule has 0 bridgehead atoms. The maximum atomic E-state index is 9.95. The lowest BCUT2D eigenvalue weighted by atomic mass is 10.0. The third kappa shape index (κ3) is 6.69. The highest BCUT2D eigenvalue weighted by Crippen LogP contribution is 2.16. The molecule has 4 rings (SSSR count). The number of aromatic nitrogens is 5. The number of carbonyl (C=O) groups excluding carboxylic acids is 1. The fourth-order valence-electron chi connectivity index (χ4n) is 2.68. The summed E-state index contributed by atoms with van der Waals surface area (Å²) in [6, 6.07) is 1.92. The number of hydrogen-bond donors (Lipinski definition) is 1. The molecule has 0 aromatic carbocycles. The van der Waals surface area contributed by atoms with E-state index in [1.54, 1.807) is 34.8 Å². The zero-order chi connectivity index (χ0) is 19.5. The zero-order valence-corrected chi connectivity index (χ0v) is 16.1. The predicted octanol–water partition coefficient (Wildman–Crippen LogP) is 3.39. The van der Waals surface area contributed by atoms with Gasteiger partial charge in [-0.05, 0) is 12.1 Å². The lowest BCUT2D eigenvalue weighted by Crippen LogP contribution is -2.13. The molecule has 0 spiro atoms. The van der Waals surface area contributed by atoms with E-state index in [9.17, 15) is 4.79 Å². The molecule has 3 heterocycles. The Morgan fingerprint density at radius 1 is 1.11 bits per heavy atom. The second-order valence-electron chi connectivity index (χ2n) is 6.32. The van der Waals surface area contributed by atoms with Gasteiger partial charge in [0.05, 0.1) is 36.0 Å². The van der Waals surface area contributed by atoms with Crippen molar-refractivity contribution in [2.75, 3.05) is 7.05 Å². The van der Waals surface area contributed by atoms with Gasteiger partial charge in [-0.2, -0.15) is 10.2 Å². The van der Waals surface area contributed by atoms with Crippen LogP contribution in [-0.4, -0.2) is 37.3 Å². The maximum absolute atomic E-state index is 9.95. The Balaban J connectivity index is 0.000000181. The Bertz CT molecular complexity index is 835. The third-order valence-electron chi connectivity index (χ3n) is 4.21. The number of nitrogens with one attached hydrogen (secondary N) is 1. The highest BCUT2D eigenvalue weighted by molar-refractivity contribution is 5.86. The highest BCUT2D eigenvalue weighted by atomic mass is 16.1. The molecule has 0 aliphatic heterocycles. The number of aryl methyl sites for hydroxylation is 1. The molecule has 27 heavy (non-hydrogen) atoms. The normalized spacial score (nSPS) is 13.0. The minimum Gasteiger partial charge on any atom is -0.356 e. The Hall–Kier alpha value is -2.96. The van der Waals surface area contributed by atoms with E-state index in [1.165, 1.54) is 44.6 Å². The van der Waals surface area contributed by atoms with E-state index >= 15 is 0 Å². The predicted molar refractivity (Wildman–Crippen MR) is 107 cm³/mol. The molecule has 7 nitrogen and oxygen atoms in total. The maximum Gasteiger partial charge on any atom is 0.243 e. The van der Waals surface area contributed by atoms with Gasteiger partial charge in [-0.15, -0.1) is 0 Å². The smallest absolute Gasteiger partial charge is 0.243 e. The first kappa shape index (κ1) is 20.4.